The molecule has 0 heterocycles. The van der Waals surface area contributed by atoms with Crippen LogP contribution in [0.2, 0.25) is 0 Å². The van der Waals surface area contributed by atoms with Gasteiger partial charge >= 0.3 is 5.97 Å². The summed E-state index contributed by atoms with van der Waals surface area (Å²) in [5.41, 5.74) is 0.480. The van der Waals surface area contributed by atoms with Crippen molar-refractivity contribution in [2.75, 3.05) is 0 Å². The third kappa shape index (κ3) is 2.61. The standard InChI is InChI=1S/C9H8O4/c10-8-4-2-1-3-7(8)5-6-9(11)13-12/h1-6,10,12H/b6-5+. The number of hydrogen-bond acceptors (Lipinski definition) is 4. The van der Waals surface area contributed by atoms with E-state index in [0.717, 1.165) is 6.08 Å². The minimum absolute atomic E-state index is 0.0597. The number of carbonyl (C=O) groups excluding carboxylic acids is 1. The minimum Gasteiger partial charge on any atom is -0.507 e. The Hall–Kier alpha value is -1.81. The average molecular weight is 180 g/mol. The first-order valence-electron chi connectivity index (χ1n) is 3.55. The molecule has 2 N–H and O–H groups in total. The highest BCUT2D eigenvalue weighted by atomic mass is 17.1. The summed E-state index contributed by atoms with van der Waals surface area (Å²) in [5, 5.41) is 17.1. The van der Waals surface area contributed by atoms with E-state index in [4.69, 9.17) is 5.26 Å². The second-order valence-corrected chi connectivity index (χ2v) is 2.30. The molecule has 0 saturated carbocycles. The Morgan fingerprint density at radius 3 is 2.69 bits per heavy atom. The molecule has 0 unspecified atom stereocenters. The van der Waals surface area contributed by atoms with Gasteiger partial charge in [-0.1, -0.05) is 18.2 Å². The fourth-order valence-corrected chi connectivity index (χ4v) is 0.817. The summed E-state index contributed by atoms with van der Waals surface area (Å²) in [5.74, 6) is -0.826. The van der Waals surface area contributed by atoms with Gasteiger partial charge in [0.2, 0.25) is 0 Å². The molecular weight excluding hydrogens is 172 g/mol. The van der Waals surface area contributed by atoms with Crippen LogP contribution < -0.4 is 0 Å². The van der Waals surface area contributed by atoms with Gasteiger partial charge in [-0.05, 0) is 12.1 Å². The Balaban J connectivity index is 2.80. The topological polar surface area (TPSA) is 66.8 Å². The van der Waals surface area contributed by atoms with Gasteiger partial charge in [0.15, 0.2) is 0 Å². The lowest BCUT2D eigenvalue weighted by Gasteiger charge is -1.95. The molecule has 68 valence electrons. The summed E-state index contributed by atoms with van der Waals surface area (Å²) in [4.78, 5) is 13.9. The lowest BCUT2D eigenvalue weighted by molar-refractivity contribution is -0.227. The van der Waals surface area contributed by atoms with Crippen LogP contribution in [0.1, 0.15) is 5.56 Å². The van der Waals surface area contributed by atoms with Gasteiger partial charge in [-0.3, -0.25) is 4.89 Å². The molecule has 1 aromatic rings. The van der Waals surface area contributed by atoms with E-state index in [0.29, 0.717) is 5.56 Å². The number of aromatic hydroxyl groups is 1. The molecule has 0 fully saturated rings. The molecule has 1 aromatic carbocycles. The van der Waals surface area contributed by atoms with E-state index >= 15 is 0 Å². The van der Waals surface area contributed by atoms with E-state index in [1.807, 2.05) is 0 Å². The quantitative estimate of drug-likeness (QED) is 0.410. The van der Waals surface area contributed by atoms with Crippen LogP contribution in [0.15, 0.2) is 30.3 Å². The molecule has 0 saturated heterocycles. The van der Waals surface area contributed by atoms with E-state index < -0.39 is 5.97 Å². The normalized spacial score (nSPS) is 10.2. The molecule has 0 aliphatic heterocycles. The number of benzene rings is 1. The van der Waals surface area contributed by atoms with Gasteiger partial charge in [-0.25, -0.2) is 4.79 Å². The van der Waals surface area contributed by atoms with Crippen molar-refractivity contribution in [1.29, 1.82) is 0 Å². The third-order valence-corrected chi connectivity index (χ3v) is 1.43. The summed E-state index contributed by atoms with van der Waals surface area (Å²) in [6, 6.07) is 6.49. The first-order chi connectivity index (χ1) is 6.24. The predicted octanol–water partition coefficient (Wildman–Crippen LogP) is 1.42. The van der Waals surface area contributed by atoms with Gasteiger partial charge in [-0.2, -0.15) is 5.26 Å². The van der Waals surface area contributed by atoms with Crippen molar-refractivity contribution in [2.45, 2.75) is 0 Å². The summed E-state index contributed by atoms with van der Waals surface area (Å²) in [6.45, 7) is 0. The van der Waals surface area contributed by atoms with Crippen LogP contribution in [0.5, 0.6) is 5.75 Å². The lowest BCUT2D eigenvalue weighted by Crippen LogP contribution is -1.93. The summed E-state index contributed by atoms with van der Waals surface area (Å²) in [7, 11) is 0. The number of phenols is 1. The molecule has 0 aliphatic rings. The van der Waals surface area contributed by atoms with Crippen molar-refractivity contribution in [3.63, 3.8) is 0 Å². The van der Waals surface area contributed by atoms with Crippen LogP contribution in [0, 0.1) is 0 Å². The zero-order chi connectivity index (χ0) is 9.68. The third-order valence-electron chi connectivity index (χ3n) is 1.43. The molecular formula is C9H8O4. The zero-order valence-corrected chi connectivity index (χ0v) is 6.68. The molecule has 4 nitrogen and oxygen atoms in total. The fraction of sp³-hybridized carbons (Fsp3) is 0. The van der Waals surface area contributed by atoms with Crippen molar-refractivity contribution in [3.8, 4) is 5.75 Å². The van der Waals surface area contributed by atoms with Crippen LogP contribution in [0.4, 0.5) is 0 Å². The van der Waals surface area contributed by atoms with Crippen LogP contribution in [-0.4, -0.2) is 16.3 Å². The van der Waals surface area contributed by atoms with E-state index in [1.54, 1.807) is 18.2 Å². The first-order valence-corrected chi connectivity index (χ1v) is 3.55. The molecule has 0 amide bonds. The lowest BCUT2D eigenvalue weighted by atomic mass is 10.2. The molecule has 0 spiro atoms. The Labute approximate surface area is 74.6 Å². The van der Waals surface area contributed by atoms with Crippen molar-refractivity contribution in [1.82, 2.24) is 0 Å². The van der Waals surface area contributed by atoms with Gasteiger partial charge in [0.05, 0.1) is 0 Å². The maximum atomic E-state index is 10.5. The molecule has 4 heteroatoms. The predicted molar refractivity (Wildman–Crippen MR) is 45.9 cm³/mol. The van der Waals surface area contributed by atoms with Crippen LogP contribution in [0.25, 0.3) is 6.08 Å². The van der Waals surface area contributed by atoms with Gasteiger partial charge < -0.3 is 5.11 Å². The maximum absolute atomic E-state index is 10.5. The second-order valence-electron chi connectivity index (χ2n) is 2.30. The van der Waals surface area contributed by atoms with E-state index in [2.05, 4.69) is 4.89 Å². The summed E-state index contributed by atoms with van der Waals surface area (Å²) >= 11 is 0. The molecule has 0 radical (unpaired) electrons. The Kier molecular flexibility index (Phi) is 3.05. The van der Waals surface area contributed by atoms with Gasteiger partial charge in [-0.15, -0.1) is 0 Å². The second kappa shape index (κ2) is 4.27. The average Bonchev–Trinajstić information content (AvgIpc) is 2.16. The van der Waals surface area contributed by atoms with Gasteiger partial charge in [0, 0.05) is 11.6 Å². The van der Waals surface area contributed by atoms with Gasteiger partial charge in [0.1, 0.15) is 5.75 Å². The van der Waals surface area contributed by atoms with Crippen molar-refractivity contribution < 1.29 is 20.0 Å². The van der Waals surface area contributed by atoms with E-state index in [9.17, 15) is 9.90 Å². The van der Waals surface area contributed by atoms with E-state index in [1.165, 1.54) is 12.1 Å². The monoisotopic (exact) mass is 180 g/mol. The van der Waals surface area contributed by atoms with Gasteiger partial charge in [0.25, 0.3) is 0 Å². The van der Waals surface area contributed by atoms with Crippen molar-refractivity contribution in [2.24, 2.45) is 0 Å². The number of hydrogen-bond donors (Lipinski definition) is 2. The number of phenolic OH excluding ortho intramolecular Hbond substituents is 1. The largest absolute Gasteiger partial charge is 0.507 e. The number of para-hydroxylation sites is 1. The first kappa shape index (κ1) is 9.28. The highest BCUT2D eigenvalue weighted by molar-refractivity contribution is 5.87. The summed E-state index contributed by atoms with van der Waals surface area (Å²) < 4.78 is 0. The maximum Gasteiger partial charge on any atom is 0.365 e. The zero-order valence-electron chi connectivity index (χ0n) is 6.68. The fourth-order valence-electron chi connectivity index (χ4n) is 0.817. The molecule has 0 bridgehead atoms. The highest BCUT2D eigenvalue weighted by Gasteiger charge is 1.96. The smallest absolute Gasteiger partial charge is 0.365 e. The Morgan fingerprint density at radius 1 is 1.38 bits per heavy atom. The summed E-state index contributed by atoms with van der Waals surface area (Å²) in [6.07, 6.45) is 2.35. The van der Waals surface area contributed by atoms with Crippen molar-refractivity contribution in [3.05, 3.63) is 35.9 Å². The highest BCUT2D eigenvalue weighted by Crippen LogP contribution is 2.16. The Bertz CT molecular complexity index is 330. The number of rotatable bonds is 2. The number of carbonyl (C=O) groups is 1. The molecule has 0 aliphatic carbocycles. The SMILES string of the molecule is O=C(/C=C/c1ccccc1O)OO. The van der Waals surface area contributed by atoms with E-state index in [-0.39, 0.29) is 5.75 Å². The molecule has 13 heavy (non-hydrogen) atoms. The molecule has 0 atom stereocenters. The molecule has 0 aromatic heterocycles. The van der Waals surface area contributed by atoms with Crippen LogP contribution in [0.3, 0.4) is 0 Å². The van der Waals surface area contributed by atoms with Crippen molar-refractivity contribution >= 4 is 12.0 Å². The van der Waals surface area contributed by atoms with Crippen LogP contribution in [-0.2, 0) is 9.68 Å². The van der Waals surface area contributed by atoms with Crippen LogP contribution >= 0.6 is 0 Å². The minimum atomic E-state index is -0.886. The molecule has 1 rings (SSSR count). The Morgan fingerprint density at radius 2 is 2.08 bits per heavy atom.